The maximum Gasteiger partial charge on any atom is 0.433 e. The molecule has 1 aromatic carbocycles. The lowest BCUT2D eigenvalue weighted by Gasteiger charge is -2.18. The van der Waals surface area contributed by atoms with Crippen LogP contribution in [0, 0.1) is 11.0 Å². The first-order chi connectivity index (χ1) is 21.5. The molecular formula is C27H17ClF6N10O. The van der Waals surface area contributed by atoms with Gasteiger partial charge in [-0.1, -0.05) is 11.6 Å². The second-order valence-corrected chi connectivity index (χ2v) is 10.0. The van der Waals surface area contributed by atoms with E-state index >= 15 is 4.39 Å². The van der Waals surface area contributed by atoms with Gasteiger partial charge >= 0.3 is 12.7 Å². The summed E-state index contributed by atoms with van der Waals surface area (Å²) < 4.78 is 85.0. The summed E-state index contributed by atoms with van der Waals surface area (Å²) in [6, 6.07) is 8.17. The summed E-state index contributed by atoms with van der Waals surface area (Å²) in [5, 5.41) is 32.3. The number of benzene rings is 1. The van der Waals surface area contributed by atoms with Gasteiger partial charge in [-0.2, -0.15) is 41.6 Å². The van der Waals surface area contributed by atoms with E-state index in [0.29, 0.717) is 9.41 Å². The topological polar surface area (TPSA) is 119 Å². The van der Waals surface area contributed by atoms with Crippen LogP contribution < -0.4 is 4.73 Å². The molecule has 45 heavy (non-hydrogen) atoms. The number of hydrogen-bond acceptors (Lipinski definition) is 7. The van der Waals surface area contributed by atoms with Gasteiger partial charge in [0.15, 0.2) is 12.0 Å². The number of aromatic nitrogens is 10. The van der Waals surface area contributed by atoms with E-state index < -0.39 is 30.3 Å². The van der Waals surface area contributed by atoms with Crippen LogP contribution in [0.1, 0.15) is 29.7 Å². The van der Waals surface area contributed by atoms with Crippen LogP contribution in [0.25, 0.3) is 27.9 Å². The van der Waals surface area contributed by atoms with E-state index in [2.05, 4.69) is 30.7 Å². The van der Waals surface area contributed by atoms with Gasteiger partial charge in [-0.3, -0.25) is 9.67 Å². The lowest BCUT2D eigenvalue weighted by molar-refractivity contribution is -0.615. The summed E-state index contributed by atoms with van der Waals surface area (Å²) in [7, 11) is 0. The Hall–Kier alpha value is -5.32. The molecule has 0 aliphatic heterocycles. The third-order valence-corrected chi connectivity index (χ3v) is 7.11. The molecule has 5 aromatic heterocycles. The molecule has 0 fully saturated rings. The van der Waals surface area contributed by atoms with Crippen molar-refractivity contribution in [3.63, 3.8) is 0 Å². The predicted molar refractivity (Wildman–Crippen MR) is 144 cm³/mol. The number of halogens is 7. The van der Waals surface area contributed by atoms with Crippen molar-refractivity contribution in [1.29, 1.82) is 0 Å². The quantitative estimate of drug-likeness (QED) is 0.122. The number of rotatable bonds is 8. The molecule has 0 radical (unpaired) electrons. The highest BCUT2D eigenvalue weighted by molar-refractivity contribution is 6.31. The minimum absolute atomic E-state index is 0.0390. The zero-order valence-electron chi connectivity index (χ0n) is 22.4. The zero-order chi connectivity index (χ0) is 31.9. The molecule has 1 unspecified atom stereocenters. The van der Waals surface area contributed by atoms with Crippen LogP contribution in [-0.4, -0.2) is 44.8 Å². The maximum absolute atomic E-state index is 15.3. The van der Waals surface area contributed by atoms with Gasteiger partial charge in [0.2, 0.25) is 5.69 Å². The molecule has 6 rings (SSSR count). The zero-order valence-corrected chi connectivity index (χ0v) is 23.1. The molecule has 11 nitrogen and oxygen atoms in total. The number of alkyl halides is 5. The van der Waals surface area contributed by atoms with Crippen molar-refractivity contribution in [3.05, 3.63) is 113 Å². The van der Waals surface area contributed by atoms with E-state index in [1.54, 1.807) is 0 Å². The largest absolute Gasteiger partial charge is 0.618 e. The van der Waals surface area contributed by atoms with E-state index in [1.807, 2.05) is 0 Å². The SMILES string of the molecule is [O-][n+]1cc(-c2c(-n3cnnn3)ccc(Cl)c2F)ccc1C(Cc1ccn(C(F)F)n1)n1cc(-c2ccnc(C(F)(F)F)c2)cn1. The second kappa shape index (κ2) is 11.6. The van der Waals surface area contributed by atoms with E-state index in [0.717, 1.165) is 24.7 Å². The van der Waals surface area contributed by atoms with Crippen LogP contribution in [-0.2, 0) is 12.6 Å². The Morgan fingerprint density at radius 1 is 1.00 bits per heavy atom. The monoisotopic (exact) mass is 646 g/mol. The number of nitrogens with zero attached hydrogens (tertiary/aromatic N) is 10. The van der Waals surface area contributed by atoms with Crippen LogP contribution in [0.2, 0.25) is 5.02 Å². The van der Waals surface area contributed by atoms with Crippen molar-refractivity contribution in [2.75, 3.05) is 0 Å². The molecule has 0 aliphatic carbocycles. The molecule has 0 aliphatic rings. The first kappa shape index (κ1) is 29.7. The molecule has 0 N–H and O–H groups in total. The summed E-state index contributed by atoms with van der Waals surface area (Å²) >= 11 is 6.04. The van der Waals surface area contributed by atoms with E-state index in [1.165, 1.54) is 64.5 Å². The van der Waals surface area contributed by atoms with Gasteiger partial charge in [-0.05, 0) is 52.4 Å². The Morgan fingerprint density at radius 2 is 1.82 bits per heavy atom. The third-order valence-electron chi connectivity index (χ3n) is 6.81. The molecule has 0 saturated carbocycles. The van der Waals surface area contributed by atoms with Crippen LogP contribution >= 0.6 is 11.6 Å². The molecule has 6 aromatic rings. The second-order valence-electron chi connectivity index (χ2n) is 9.60. The van der Waals surface area contributed by atoms with Gasteiger partial charge in [-0.15, -0.1) is 5.10 Å². The van der Waals surface area contributed by atoms with Crippen LogP contribution in [0.15, 0.2) is 79.8 Å². The molecule has 0 bridgehead atoms. The first-order valence-corrected chi connectivity index (χ1v) is 13.2. The van der Waals surface area contributed by atoms with Gasteiger partial charge in [0, 0.05) is 36.6 Å². The maximum atomic E-state index is 15.3. The van der Waals surface area contributed by atoms with Gasteiger partial charge in [0.25, 0.3) is 0 Å². The minimum atomic E-state index is -4.68. The highest BCUT2D eigenvalue weighted by Gasteiger charge is 2.33. The van der Waals surface area contributed by atoms with Crippen molar-refractivity contribution in [1.82, 2.24) is 44.8 Å². The average molecular weight is 647 g/mol. The fraction of sp³-hybridized carbons (Fsp3) is 0.148. The standard InChI is InChI=1S/C27H17ClF6N10O/c28-19-2-4-21(43-14-36-39-40-43)24(25(19)29)16-1-3-20(44(45)13-16)22(10-18-6-8-41(38-18)26(30)31)42-12-17(11-37-42)15-5-7-35-23(9-15)27(32,33)34/h1-9,11-14,22,26H,10H2. The Balaban J connectivity index is 1.43. The Kier molecular flexibility index (Phi) is 7.69. The van der Waals surface area contributed by atoms with Crippen LogP contribution in [0.4, 0.5) is 26.3 Å². The minimum Gasteiger partial charge on any atom is -0.618 e. The lowest BCUT2D eigenvalue weighted by Crippen LogP contribution is -2.36. The number of pyridine rings is 2. The third kappa shape index (κ3) is 5.93. The fourth-order valence-electron chi connectivity index (χ4n) is 4.73. The molecule has 0 amide bonds. The molecule has 0 saturated heterocycles. The van der Waals surface area contributed by atoms with Gasteiger partial charge in [-0.25, -0.2) is 9.07 Å². The smallest absolute Gasteiger partial charge is 0.433 e. The van der Waals surface area contributed by atoms with Crippen LogP contribution in [0.3, 0.4) is 0 Å². The molecule has 0 spiro atoms. The first-order valence-electron chi connectivity index (χ1n) is 12.8. The normalized spacial score (nSPS) is 12.6. The van der Waals surface area contributed by atoms with Crippen molar-refractivity contribution in [2.24, 2.45) is 0 Å². The molecule has 230 valence electrons. The van der Waals surface area contributed by atoms with Gasteiger partial charge in [0.05, 0.1) is 33.7 Å². The van der Waals surface area contributed by atoms with Crippen LogP contribution in [0.5, 0.6) is 0 Å². The highest BCUT2D eigenvalue weighted by Crippen LogP contribution is 2.34. The predicted octanol–water partition coefficient (Wildman–Crippen LogP) is 5.46. The van der Waals surface area contributed by atoms with Gasteiger partial charge < -0.3 is 5.21 Å². The Morgan fingerprint density at radius 3 is 2.51 bits per heavy atom. The summed E-state index contributed by atoms with van der Waals surface area (Å²) in [5.74, 6) is -0.834. The number of tetrazole rings is 1. The highest BCUT2D eigenvalue weighted by atomic mass is 35.5. The summed E-state index contributed by atoms with van der Waals surface area (Å²) in [5.41, 5.74) is -0.243. The summed E-state index contributed by atoms with van der Waals surface area (Å²) in [4.78, 5) is 3.36. The molecule has 5 heterocycles. The lowest BCUT2D eigenvalue weighted by atomic mass is 10.0. The Labute approximate surface area is 253 Å². The van der Waals surface area contributed by atoms with Gasteiger partial charge in [0.1, 0.15) is 18.1 Å². The van der Waals surface area contributed by atoms with E-state index in [4.69, 9.17) is 11.6 Å². The van der Waals surface area contributed by atoms with Crippen molar-refractivity contribution in [2.45, 2.75) is 25.2 Å². The van der Waals surface area contributed by atoms with Crippen molar-refractivity contribution < 1.29 is 31.1 Å². The van der Waals surface area contributed by atoms with E-state index in [-0.39, 0.29) is 50.8 Å². The summed E-state index contributed by atoms with van der Waals surface area (Å²) in [6.07, 6.45) is 2.30. The van der Waals surface area contributed by atoms with Crippen molar-refractivity contribution in [3.8, 4) is 27.9 Å². The number of hydrogen-bond donors (Lipinski definition) is 0. The van der Waals surface area contributed by atoms with Crippen molar-refractivity contribution >= 4 is 11.6 Å². The molecular weight excluding hydrogens is 630 g/mol. The fourth-order valence-corrected chi connectivity index (χ4v) is 4.88. The average Bonchev–Trinajstić information content (AvgIpc) is 3.80. The summed E-state index contributed by atoms with van der Waals surface area (Å²) in [6.45, 7) is -2.91. The Bertz CT molecular complexity index is 1980. The van der Waals surface area contributed by atoms with E-state index in [9.17, 15) is 27.2 Å². The molecule has 18 heteroatoms. The molecule has 1 atom stereocenters.